The van der Waals surface area contributed by atoms with E-state index < -0.39 is 0 Å². The molecular weight excluding hydrogens is 370 g/mol. The maximum absolute atomic E-state index is 13.1. The summed E-state index contributed by atoms with van der Waals surface area (Å²) < 4.78 is 5.34. The number of rotatable bonds is 3. The van der Waals surface area contributed by atoms with Crippen molar-refractivity contribution in [2.75, 3.05) is 6.54 Å². The van der Waals surface area contributed by atoms with E-state index in [1.807, 2.05) is 12.1 Å². The second-order valence-electron chi connectivity index (χ2n) is 6.94. The van der Waals surface area contributed by atoms with Gasteiger partial charge in [-0.1, -0.05) is 17.3 Å². The van der Waals surface area contributed by atoms with Crippen LogP contribution in [-0.2, 0) is 0 Å². The molecule has 8 heteroatoms. The first kappa shape index (κ1) is 17.3. The normalized spacial score (nSPS) is 16.4. The lowest BCUT2D eigenvalue weighted by Gasteiger charge is -2.23. The first-order chi connectivity index (χ1) is 14.2. The van der Waals surface area contributed by atoms with Crippen LogP contribution in [-0.4, -0.2) is 37.5 Å². The van der Waals surface area contributed by atoms with E-state index in [0.29, 0.717) is 29.0 Å². The van der Waals surface area contributed by atoms with Crippen molar-refractivity contribution in [3.63, 3.8) is 0 Å². The van der Waals surface area contributed by atoms with Gasteiger partial charge in [-0.25, -0.2) is 4.98 Å². The third kappa shape index (κ3) is 3.08. The summed E-state index contributed by atoms with van der Waals surface area (Å²) in [6, 6.07) is 12.1. The molecule has 1 atom stereocenters. The third-order valence-electron chi connectivity index (χ3n) is 5.14. The lowest BCUT2D eigenvalue weighted by molar-refractivity contribution is 0.0719. The molecule has 1 unspecified atom stereocenters. The number of nitrogens with zero attached hydrogens (tertiary/aromatic N) is 4. The number of amides is 1. The van der Waals surface area contributed by atoms with E-state index in [2.05, 4.69) is 20.1 Å². The Morgan fingerprint density at radius 2 is 2.10 bits per heavy atom. The minimum atomic E-state index is -0.307. The van der Waals surface area contributed by atoms with Gasteiger partial charge in [-0.15, -0.1) is 0 Å². The van der Waals surface area contributed by atoms with Gasteiger partial charge >= 0.3 is 0 Å². The molecule has 0 bridgehead atoms. The standard InChI is InChI=1S/C21H17N5O3/c27-20-14-6-1-2-7-15(14)23-19(24-20)17-8-4-10-26(17)21(28)16-11-18(29-25-16)13-5-3-9-22-12-13/h1-3,5-7,9,11-12,17H,4,8,10H2,(H,23,24,27). The van der Waals surface area contributed by atoms with Crippen LogP contribution in [0.3, 0.4) is 0 Å². The van der Waals surface area contributed by atoms with Crippen LogP contribution in [0.15, 0.2) is 64.2 Å². The summed E-state index contributed by atoms with van der Waals surface area (Å²) >= 11 is 0. The minimum absolute atomic E-state index is 0.204. The fourth-order valence-corrected chi connectivity index (χ4v) is 3.72. The summed E-state index contributed by atoms with van der Waals surface area (Å²) in [5.74, 6) is 0.729. The molecule has 4 aromatic rings. The Labute approximate surface area is 165 Å². The molecule has 8 nitrogen and oxygen atoms in total. The van der Waals surface area contributed by atoms with Crippen LogP contribution >= 0.6 is 0 Å². The molecule has 144 valence electrons. The Balaban J connectivity index is 1.46. The number of nitrogens with one attached hydrogen (secondary N) is 1. The first-order valence-electron chi connectivity index (χ1n) is 9.38. The van der Waals surface area contributed by atoms with E-state index in [1.54, 1.807) is 47.6 Å². The van der Waals surface area contributed by atoms with Crippen LogP contribution in [0, 0.1) is 0 Å². The Hall–Kier alpha value is -3.81. The van der Waals surface area contributed by atoms with Gasteiger partial charge in [0.25, 0.3) is 11.5 Å². The van der Waals surface area contributed by atoms with E-state index in [-0.39, 0.29) is 23.2 Å². The lowest BCUT2D eigenvalue weighted by Crippen LogP contribution is -2.32. The van der Waals surface area contributed by atoms with Crippen molar-refractivity contribution in [3.8, 4) is 11.3 Å². The van der Waals surface area contributed by atoms with Gasteiger partial charge in [0.1, 0.15) is 5.82 Å². The summed E-state index contributed by atoms with van der Waals surface area (Å²) in [5, 5.41) is 4.48. The second-order valence-corrected chi connectivity index (χ2v) is 6.94. The Morgan fingerprint density at radius 1 is 1.21 bits per heavy atom. The van der Waals surface area contributed by atoms with Crippen molar-refractivity contribution in [1.82, 2.24) is 25.0 Å². The summed E-state index contributed by atoms with van der Waals surface area (Å²) in [4.78, 5) is 38.7. The molecule has 1 N–H and O–H groups in total. The number of H-pyrrole nitrogens is 1. The smallest absolute Gasteiger partial charge is 0.276 e. The fourth-order valence-electron chi connectivity index (χ4n) is 3.72. The van der Waals surface area contributed by atoms with Crippen LogP contribution in [0.4, 0.5) is 0 Å². The molecule has 1 amide bonds. The maximum Gasteiger partial charge on any atom is 0.276 e. The lowest BCUT2D eigenvalue weighted by atomic mass is 10.1. The number of fused-ring (bicyclic) bond motifs is 1. The van der Waals surface area contributed by atoms with Crippen molar-refractivity contribution in [2.45, 2.75) is 18.9 Å². The number of aromatic nitrogens is 4. The molecular formula is C21H17N5O3. The van der Waals surface area contributed by atoms with Gasteiger partial charge in [-0.2, -0.15) is 0 Å². The van der Waals surface area contributed by atoms with Gasteiger partial charge in [-0.3, -0.25) is 14.6 Å². The average Bonchev–Trinajstić information content (AvgIpc) is 3.44. The number of likely N-dealkylation sites (tertiary alicyclic amines) is 1. The van der Waals surface area contributed by atoms with Crippen LogP contribution in [0.2, 0.25) is 0 Å². The molecule has 0 spiro atoms. The molecule has 1 saturated heterocycles. The number of hydrogen-bond acceptors (Lipinski definition) is 6. The molecule has 0 radical (unpaired) electrons. The zero-order valence-corrected chi connectivity index (χ0v) is 15.4. The summed E-state index contributed by atoms with van der Waals surface area (Å²) in [7, 11) is 0. The molecule has 29 heavy (non-hydrogen) atoms. The number of para-hydroxylation sites is 1. The van der Waals surface area contributed by atoms with Crippen molar-refractivity contribution >= 4 is 16.8 Å². The highest BCUT2D eigenvalue weighted by Gasteiger charge is 2.34. The second kappa shape index (κ2) is 6.97. The van der Waals surface area contributed by atoms with E-state index in [4.69, 9.17) is 4.52 Å². The first-order valence-corrected chi connectivity index (χ1v) is 9.38. The van der Waals surface area contributed by atoms with Gasteiger partial charge in [0, 0.05) is 30.6 Å². The van der Waals surface area contributed by atoms with Crippen LogP contribution in [0.1, 0.15) is 35.2 Å². The van der Waals surface area contributed by atoms with E-state index in [9.17, 15) is 9.59 Å². The number of pyridine rings is 1. The van der Waals surface area contributed by atoms with Crippen LogP contribution in [0.5, 0.6) is 0 Å². The number of benzene rings is 1. The molecule has 1 aliphatic heterocycles. The van der Waals surface area contributed by atoms with Crippen LogP contribution in [0.25, 0.3) is 22.2 Å². The molecule has 0 saturated carbocycles. The van der Waals surface area contributed by atoms with Crippen molar-refractivity contribution in [2.24, 2.45) is 0 Å². The molecule has 0 aliphatic carbocycles. The SMILES string of the molecule is O=C(c1cc(-c2cccnc2)on1)N1CCCC1c1nc2ccccc2c(=O)[nH]1. The van der Waals surface area contributed by atoms with Gasteiger partial charge in [-0.05, 0) is 37.1 Å². The summed E-state index contributed by atoms with van der Waals surface area (Å²) in [6.07, 6.45) is 4.86. The van der Waals surface area contributed by atoms with Crippen molar-refractivity contribution in [3.05, 3.63) is 76.7 Å². The molecule has 1 aliphatic rings. The van der Waals surface area contributed by atoms with Gasteiger partial charge < -0.3 is 14.4 Å². The Morgan fingerprint density at radius 3 is 2.97 bits per heavy atom. The maximum atomic E-state index is 13.1. The zero-order valence-electron chi connectivity index (χ0n) is 15.4. The fraction of sp³-hybridized carbons (Fsp3) is 0.190. The highest BCUT2D eigenvalue weighted by molar-refractivity contribution is 5.93. The van der Waals surface area contributed by atoms with E-state index >= 15 is 0 Å². The van der Waals surface area contributed by atoms with Crippen molar-refractivity contribution in [1.29, 1.82) is 0 Å². The van der Waals surface area contributed by atoms with Crippen molar-refractivity contribution < 1.29 is 9.32 Å². The molecule has 3 aromatic heterocycles. The number of hydrogen-bond donors (Lipinski definition) is 1. The number of carbonyl (C=O) groups is 1. The zero-order chi connectivity index (χ0) is 19.8. The molecule has 4 heterocycles. The topological polar surface area (TPSA) is 105 Å². The van der Waals surface area contributed by atoms with Gasteiger partial charge in [0.15, 0.2) is 11.5 Å². The predicted molar refractivity (Wildman–Crippen MR) is 105 cm³/mol. The average molecular weight is 387 g/mol. The minimum Gasteiger partial charge on any atom is -0.355 e. The van der Waals surface area contributed by atoms with Gasteiger partial charge in [0.2, 0.25) is 0 Å². The monoisotopic (exact) mass is 387 g/mol. The molecule has 1 fully saturated rings. The Kier molecular flexibility index (Phi) is 4.16. The summed E-state index contributed by atoms with van der Waals surface area (Å²) in [6.45, 7) is 0.565. The molecule has 5 rings (SSSR count). The third-order valence-corrected chi connectivity index (χ3v) is 5.14. The van der Waals surface area contributed by atoms with Crippen LogP contribution < -0.4 is 5.56 Å². The highest BCUT2D eigenvalue weighted by Crippen LogP contribution is 2.32. The largest absolute Gasteiger partial charge is 0.355 e. The quantitative estimate of drug-likeness (QED) is 0.579. The summed E-state index contributed by atoms with van der Waals surface area (Å²) in [5.41, 5.74) is 1.38. The Bertz CT molecular complexity index is 1250. The van der Waals surface area contributed by atoms with E-state index in [0.717, 1.165) is 18.4 Å². The number of carbonyl (C=O) groups excluding carboxylic acids is 1. The van der Waals surface area contributed by atoms with E-state index in [1.165, 1.54) is 0 Å². The molecule has 1 aromatic carbocycles. The van der Waals surface area contributed by atoms with Gasteiger partial charge in [0.05, 0.1) is 16.9 Å². The number of aromatic amines is 1. The highest BCUT2D eigenvalue weighted by atomic mass is 16.5. The predicted octanol–water partition coefficient (Wildman–Crippen LogP) is 2.95.